The summed E-state index contributed by atoms with van der Waals surface area (Å²) in [5, 5.41) is 14.7. The molecule has 9 heteroatoms. The zero-order valence-corrected chi connectivity index (χ0v) is 14.6. The maximum absolute atomic E-state index is 12.1. The van der Waals surface area contributed by atoms with E-state index in [2.05, 4.69) is 15.3 Å². The number of anilines is 1. The summed E-state index contributed by atoms with van der Waals surface area (Å²) in [4.78, 5) is 29.7. The third-order valence-electron chi connectivity index (χ3n) is 3.47. The fourth-order valence-electron chi connectivity index (χ4n) is 2.21. The molecule has 0 saturated heterocycles. The summed E-state index contributed by atoms with van der Waals surface area (Å²) in [6, 6.07) is 9.67. The minimum atomic E-state index is -0.464. The molecule has 0 unspecified atom stereocenters. The number of non-ortho nitro benzene ring substituents is 1. The van der Waals surface area contributed by atoms with Crippen LogP contribution in [0.2, 0.25) is 5.02 Å². The minimum Gasteiger partial charge on any atom is -0.333 e. The monoisotopic (exact) mass is 376 g/mol. The number of carbonyl (C=O) groups excluding carboxylic acids is 1. The molecule has 0 bridgehead atoms. The van der Waals surface area contributed by atoms with Gasteiger partial charge in [-0.05, 0) is 30.7 Å². The van der Waals surface area contributed by atoms with E-state index in [1.54, 1.807) is 18.2 Å². The van der Waals surface area contributed by atoms with Crippen LogP contribution in [-0.4, -0.2) is 26.6 Å². The molecule has 0 radical (unpaired) electrons. The highest BCUT2D eigenvalue weighted by molar-refractivity contribution is 7.99. The number of hydrogen-bond acceptors (Lipinski definition) is 5. The Balaban J connectivity index is 1.66. The Labute approximate surface area is 151 Å². The van der Waals surface area contributed by atoms with Gasteiger partial charge in [-0.1, -0.05) is 29.4 Å². The molecule has 25 heavy (non-hydrogen) atoms. The van der Waals surface area contributed by atoms with Gasteiger partial charge in [-0.3, -0.25) is 14.9 Å². The number of benzene rings is 2. The molecule has 0 aliphatic rings. The summed E-state index contributed by atoms with van der Waals surface area (Å²) in [6.45, 7) is 1.88. The van der Waals surface area contributed by atoms with Gasteiger partial charge in [0.1, 0.15) is 0 Å². The zero-order valence-electron chi connectivity index (χ0n) is 13.1. The lowest BCUT2D eigenvalue weighted by atomic mass is 10.2. The predicted molar refractivity (Wildman–Crippen MR) is 98.3 cm³/mol. The first-order valence-corrected chi connectivity index (χ1v) is 8.62. The third-order valence-corrected chi connectivity index (χ3v) is 4.58. The van der Waals surface area contributed by atoms with Gasteiger partial charge in [-0.15, -0.1) is 0 Å². The van der Waals surface area contributed by atoms with E-state index in [4.69, 9.17) is 11.6 Å². The number of nitrogens with one attached hydrogen (secondary N) is 2. The molecule has 0 aliphatic carbocycles. The van der Waals surface area contributed by atoms with Crippen molar-refractivity contribution in [1.82, 2.24) is 9.97 Å². The standard InChI is InChI=1S/C16H13ClN4O3S/c1-9-2-3-10(17)6-13(9)18-15(22)8-25-16-19-12-5-4-11(21(23)24)7-14(12)20-16/h2-7H,8H2,1H3,(H,18,22)(H,19,20). The number of aromatic amines is 1. The Morgan fingerprint density at radius 1 is 1.36 bits per heavy atom. The summed E-state index contributed by atoms with van der Waals surface area (Å²) >= 11 is 7.15. The largest absolute Gasteiger partial charge is 0.333 e. The topological polar surface area (TPSA) is 101 Å². The molecule has 2 N–H and O–H groups in total. The number of nitro benzene ring substituents is 1. The number of rotatable bonds is 5. The Morgan fingerprint density at radius 2 is 2.16 bits per heavy atom. The van der Waals surface area contributed by atoms with Crippen LogP contribution in [0, 0.1) is 17.0 Å². The highest BCUT2D eigenvalue weighted by atomic mass is 35.5. The van der Waals surface area contributed by atoms with Gasteiger partial charge < -0.3 is 10.3 Å². The lowest BCUT2D eigenvalue weighted by Gasteiger charge is -2.08. The predicted octanol–water partition coefficient (Wildman–Crippen LogP) is 4.16. The third kappa shape index (κ3) is 4.09. The van der Waals surface area contributed by atoms with Crippen LogP contribution in [0.5, 0.6) is 0 Å². The number of aryl methyl sites for hydroxylation is 1. The SMILES string of the molecule is Cc1ccc(Cl)cc1NC(=O)CSc1nc2ccc([N+](=O)[O-])cc2[nH]1. The lowest BCUT2D eigenvalue weighted by molar-refractivity contribution is -0.384. The molecule has 3 aromatic rings. The number of nitrogens with zero attached hydrogens (tertiary/aromatic N) is 2. The van der Waals surface area contributed by atoms with Crippen molar-refractivity contribution in [3.05, 3.63) is 57.1 Å². The van der Waals surface area contributed by atoms with Crippen LogP contribution in [0.15, 0.2) is 41.6 Å². The van der Waals surface area contributed by atoms with Gasteiger partial charge >= 0.3 is 0 Å². The first-order chi connectivity index (χ1) is 11.9. The van der Waals surface area contributed by atoms with Crippen LogP contribution in [0.4, 0.5) is 11.4 Å². The fourth-order valence-corrected chi connectivity index (χ4v) is 3.06. The van der Waals surface area contributed by atoms with Crippen LogP contribution in [0.3, 0.4) is 0 Å². The van der Waals surface area contributed by atoms with Gasteiger partial charge in [0.05, 0.1) is 21.7 Å². The number of nitro groups is 1. The number of amides is 1. The molecular weight excluding hydrogens is 364 g/mol. The summed E-state index contributed by atoms with van der Waals surface area (Å²) in [6.07, 6.45) is 0. The van der Waals surface area contributed by atoms with Crippen molar-refractivity contribution in [3.8, 4) is 0 Å². The van der Waals surface area contributed by atoms with E-state index < -0.39 is 4.92 Å². The smallest absolute Gasteiger partial charge is 0.271 e. The average molecular weight is 377 g/mol. The van der Waals surface area contributed by atoms with Crippen molar-refractivity contribution in [3.63, 3.8) is 0 Å². The number of H-pyrrole nitrogens is 1. The molecule has 1 aromatic heterocycles. The summed E-state index contributed by atoms with van der Waals surface area (Å²) in [5.74, 6) is -0.0461. The molecule has 0 fully saturated rings. The van der Waals surface area contributed by atoms with E-state index in [0.29, 0.717) is 26.9 Å². The van der Waals surface area contributed by atoms with E-state index >= 15 is 0 Å². The van der Waals surface area contributed by atoms with E-state index in [-0.39, 0.29) is 17.3 Å². The second-order valence-corrected chi connectivity index (χ2v) is 6.70. The number of carbonyl (C=O) groups is 1. The molecule has 0 saturated carbocycles. The summed E-state index contributed by atoms with van der Waals surface area (Å²) in [5.41, 5.74) is 2.74. The number of imidazole rings is 1. The molecule has 0 aliphatic heterocycles. The fraction of sp³-hybridized carbons (Fsp3) is 0.125. The van der Waals surface area contributed by atoms with Gasteiger partial charge in [0.2, 0.25) is 5.91 Å². The normalized spacial score (nSPS) is 10.8. The van der Waals surface area contributed by atoms with Crippen molar-refractivity contribution in [2.75, 3.05) is 11.1 Å². The highest BCUT2D eigenvalue weighted by Gasteiger charge is 2.12. The second kappa shape index (κ2) is 7.12. The van der Waals surface area contributed by atoms with Gasteiger partial charge in [0.25, 0.3) is 5.69 Å². The van der Waals surface area contributed by atoms with Crippen LogP contribution in [-0.2, 0) is 4.79 Å². The first kappa shape index (κ1) is 17.2. The van der Waals surface area contributed by atoms with Crippen molar-refractivity contribution >= 4 is 51.7 Å². The highest BCUT2D eigenvalue weighted by Crippen LogP contribution is 2.24. The maximum atomic E-state index is 12.1. The number of halogens is 1. The molecule has 0 atom stereocenters. The van der Waals surface area contributed by atoms with E-state index in [0.717, 1.165) is 5.56 Å². The summed E-state index contributed by atoms with van der Waals surface area (Å²) in [7, 11) is 0. The Hall–Kier alpha value is -2.58. The first-order valence-electron chi connectivity index (χ1n) is 7.25. The zero-order chi connectivity index (χ0) is 18.0. The number of aromatic nitrogens is 2. The van der Waals surface area contributed by atoms with Crippen molar-refractivity contribution in [1.29, 1.82) is 0 Å². The van der Waals surface area contributed by atoms with Crippen LogP contribution in [0.1, 0.15) is 5.56 Å². The molecule has 1 heterocycles. The molecule has 7 nitrogen and oxygen atoms in total. The van der Waals surface area contributed by atoms with Gasteiger partial charge in [0.15, 0.2) is 5.16 Å². The van der Waals surface area contributed by atoms with Crippen molar-refractivity contribution < 1.29 is 9.72 Å². The van der Waals surface area contributed by atoms with Crippen molar-refractivity contribution in [2.24, 2.45) is 0 Å². The van der Waals surface area contributed by atoms with Gasteiger partial charge in [0, 0.05) is 22.8 Å². The second-order valence-electron chi connectivity index (χ2n) is 5.30. The van der Waals surface area contributed by atoms with E-state index in [9.17, 15) is 14.9 Å². The van der Waals surface area contributed by atoms with Crippen LogP contribution >= 0.6 is 23.4 Å². The molecule has 128 valence electrons. The lowest BCUT2D eigenvalue weighted by Crippen LogP contribution is -2.14. The number of thioether (sulfide) groups is 1. The van der Waals surface area contributed by atoms with E-state index in [1.165, 1.54) is 23.9 Å². The number of hydrogen-bond donors (Lipinski definition) is 2. The molecule has 0 spiro atoms. The quantitative estimate of drug-likeness (QED) is 0.395. The molecule has 3 rings (SSSR count). The van der Waals surface area contributed by atoms with Crippen LogP contribution in [0.25, 0.3) is 11.0 Å². The van der Waals surface area contributed by atoms with E-state index in [1.807, 2.05) is 13.0 Å². The van der Waals surface area contributed by atoms with Gasteiger partial charge in [-0.25, -0.2) is 4.98 Å². The molecular formula is C16H13ClN4O3S. The minimum absolute atomic E-state index is 0.0122. The number of fused-ring (bicyclic) bond motifs is 1. The Bertz CT molecular complexity index is 973. The Morgan fingerprint density at radius 3 is 2.92 bits per heavy atom. The Kier molecular flexibility index (Phi) is 4.91. The maximum Gasteiger partial charge on any atom is 0.271 e. The van der Waals surface area contributed by atoms with Crippen molar-refractivity contribution in [2.45, 2.75) is 12.1 Å². The molecule has 2 aromatic carbocycles. The average Bonchev–Trinajstić information content (AvgIpc) is 2.98. The van der Waals surface area contributed by atoms with Gasteiger partial charge in [-0.2, -0.15) is 0 Å². The summed E-state index contributed by atoms with van der Waals surface area (Å²) < 4.78 is 0. The van der Waals surface area contributed by atoms with Crippen LogP contribution < -0.4 is 5.32 Å². The molecule has 1 amide bonds.